The van der Waals surface area contributed by atoms with Crippen LogP contribution in [0, 0.1) is 18.6 Å². The number of benzene rings is 2. The van der Waals surface area contributed by atoms with Crippen LogP contribution in [0.1, 0.15) is 26.3 Å². The molecule has 0 amide bonds. The van der Waals surface area contributed by atoms with Crippen molar-refractivity contribution >= 4 is 32.6 Å². The quantitative estimate of drug-likeness (QED) is 0.454. The highest BCUT2D eigenvalue weighted by Crippen LogP contribution is 2.36. The fourth-order valence-corrected chi connectivity index (χ4v) is 3.42. The first-order chi connectivity index (χ1) is 12.4. The van der Waals surface area contributed by atoms with E-state index in [1.54, 1.807) is 13.0 Å². The predicted molar refractivity (Wildman–Crippen MR) is 98.0 cm³/mol. The summed E-state index contributed by atoms with van der Waals surface area (Å²) in [5.74, 6) is -0.960. The van der Waals surface area contributed by atoms with E-state index in [4.69, 9.17) is 9.84 Å². The number of aryl methyl sites for hydroxylation is 1. The number of aliphatic hydroxyl groups excluding tert-OH is 1. The minimum atomic E-state index is -0.791. The second kappa shape index (κ2) is 7.55. The average molecular weight is 424 g/mol. The number of aliphatic hydroxyl groups is 1. The number of rotatable bonds is 6. The van der Waals surface area contributed by atoms with Crippen LogP contribution in [-0.2, 0) is 0 Å². The molecule has 3 aromatic rings. The molecule has 2 N–H and O–H groups in total. The number of carbonyl (C=O) groups is 1. The van der Waals surface area contributed by atoms with Gasteiger partial charge in [-0.05, 0) is 25.1 Å². The molecule has 4 nitrogen and oxygen atoms in total. The Hall–Kier alpha value is -2.25. The van der Waals surface area contributed by atoms with Gasteiger partial charge in [-0.15, -0.1) is 0 Å². The summed E-state index contributed by atoms with van der Waals surface area (Å²) in [6, 6.07) is 6.73. The van der Waals surface area contributed by atoms with Crippen LogP contribution >= 0.6 is 15.9 Å². The molecular formula is C19H16BrF2NO3. The smallest absolute Gasteiger partial charge is 0.183 e. The van der Waals surface area contributed by atoms with E-state index in [2.05, 4.69) is 20.9 Å². The second-order valence-corrected chi connectivity index (χ2v) is 6.69. The third kappa shape index (κ3) is 3.37. The number of hydrogen-bond acceptors (Lipinski definition) is 3. The van der Waals surface area contributed by atoms with Gasteiger partial charge in [0.15, 0.2) is 5.78 Å². The van der Waals surface area contributed by atoms with Crippen molar-refractivity contribution in [1.29, 1.82) is 0 Å². The number of hydrogen-bond donors (Lipinski definition) is 2. The first kappa shape index (κ1) is 18.5. The van der Waals surface area contributed by atoms with Crippen LogP contribution in [0.2, 0.25) is 0 Å². The Balaban J connectivity index is 2.00. The molecule has 1 heterocycles. The molecule has 1 atom stereocenters. The molecule has 26 heavy (non-hydrogen) atoms. The maximum Gasteiger partial charge on any atom is 0.183 e. The molecule has 3 rings (SSSR count). The second-order valence-electron chi connectivity index (χ2n) is 5.78. The molecule has 0 aliphatic rings. The van der Waals surface area contributed by atoms with Crippen LogP contribution in [0.25, 0.3) is 10.9 Å². The van der Waals surface area contributed by atoms with Gasteiger partial charge in [-0.1, -0.05) is 22.0 Å². The first-order valence-corrected chi connectivity index (χ1v) is 8.83. The van der Waals surface area contributed by atoms with E-state index in [1.165, 1.54) is 30.5 Å². The summed E-state index contributed by atoms with van der Waals surface area (Å²) >= 11 is 3.36. The molecule has 0 aliphatic heterocycles. The largest absolute Gasteiger partial charge is 0.491 e. The number of carbonyl (C=O) groups excluding carboxylic acids is 1. The number of Topliss-reactive ketones (excluding diaryl/α,β-unsaturated/α-hetero) is 1. The summed E-state index contributed by atoms with van der Waals surface area (Å²) in [5, 5.41) is 9.53. The Morgan fingerprint density at radius 3 is 2.81 bits per heavy atom. The average Bonchev–Trinajstić information content (AvgIpc) is 3.06. The molecule has 2 aromatic carbocycles. The number of alkyl halides is 1. The third-order valence-corrected chi connectivity index (χ3v) is 5.05. The maximum atomic E-state index is 13.7. The lowest BCUT2D eigenvalue weighted by Crippen LogP contribution is -2.10. The van der Waals surface area contributed by atoms with Crippen molar-refractivity contribution in [1.82, 2.24) is 4.98 Å². The molecule has 0 bridgehead atoms. The zero-order chi connectivity index (χ0) is 18.8. The van der Waals surface area contributed by atoms with Crippen molar-refractivity contribution in [3.05, 3.63) is 64.9 Å². The van der Waals surface area contributed by atoms with E-state index in [0.717, 1.165) is 0 Å². The van der Waals surface area contributed by atoms with Gasteiger partial charge in [-0.3, -0.25) is 4.79 Å². The van der Waals surface area contributed by atoms with Gasteiger partial charge in [-0.2, -0.15) is 0 Å². The number of ether oxygens (including phenoxy) is 1. The van der Waals surface area contributed by atoms with Gasteiger partial charge >= 0.3 is 0 Å². The van der Waals surface area contributed by atoms with Crippen LogP contribution in [0.4, 0.5) is 8.78 Å². The first-order valence-electron chi connectivity index (χ1n) is 7.91. The summed E-state index contributed by atoms with van der Waals surface area (Å²) in [4.78, 5) is 15.1. The summed E-state index contributed by atoms with van der Waals surface area (Å²) in [6.45, 7) is 1.38. The zero-order valence-corrected chi connectivity index (χ0v) is 15.4. The Bertz CT molecular complexity index is 971. The summed E-state index contributed by atoms with van der Waals surface area (Å²) in [6.07, 6.45) is 1.53. The molecule has 0 spiro atoms. The van der Waals surface area contributed by atoms with Crippen LogP contribution < -0.4 is 4.74 Å². The number of H-pyrrole nitrogens is 1. The van der Waals surface area contributed by atoms with Crippen molar-refractivity contribution in [2.24, 2.45) is 0 Å². The molecule has 0 saturated heterocycles. The van der Waals surface area contributed by atoms with E-state index in [1.807, 2.05) is 0 Å². The highest BCUT2D eigenvalue weighted by Gasteiger charge is 2.25. The number of fused-ring (bicyclic) bond motifs is 1. The topological polar surface area (TPSA) is 62.3 Å². The number of aromatic amines is 1. The van der Waals surface area contributed by atoms with Gasteiger partial charge in [0.05, 0.1) is 12.1 Å². The highest BCUT2D eigenvalue weighted by atomic mass is 79.9. The fourth-order valence-electron chi connectivity index (χ4n) is 2.80. The number of aromatic nitrogens is 1. The molecule has 0 fully saturated rings. The van der Waals surface area contributed by atoms with E-state index in [-0.39, 0.29) is 30.6 Å². The third-order valence-electron chi connectivity index (χ3n) is 4.14. The van der Waals surface area contributed by atoms with E-state index < -0.39 is 10.6 Å². The van der Waals surface area contributed by atoms with Crippen LogP contribution in [0.5, 0.6) is 5.75 Å². The van der Waals surface area contributed by atoms with Crippen molar-refractivity contribution < 1.29 is 23.4 Å². The van der Waals surface area contributed by atoms with Crippen molar-refractivity contribution in [2.75, 3.05) is 13.2 Å². The molecule has 0 radical (unpaired) electrons. The molecule has 7 heteroatoms. The number of ketones is 1. The molecule has 0 aliphatic carbocycles. The Morgan fingerprint density at radius 2 is 2.08 bits per heavy atom. The lowest BCUT2D eigenvalue weighted by atomic mass is 10.0. The SMILES string of the molecule is Cc1c(F)ccc2c(C(=O)C(Br)c3ccc(F)cc3OCCO)c[nH]c12. The normalized spacial score (nSPS) is 12.3. The molecule has 136 valence electrons. The van der Waals surface area contributed by atoms with Crippen LogP contribution in [0.3, 0.4) is 0 Å². The monoisotopic (exact) mass is 423 g/mol. The van der Waals surface area contributed by atoms with Gasteiger partial charge in [0, 0.05) is 34.3 Å². The minimum Gasteiger partial charge on any atom is -0.491 e. The predicted octanol–water partition coefficient (Wildman–Crippen LogP) is 4.44. The standard InChI is InChI=1S/C19H16BrF2NO3/c1-10-15(22)5-4-12-14(9-23-18(10)12)19(25)17(20)13-3-2-11(21)8-16(13)26-7-6-24/h2-5,8-9,17,23-24H,6-7H2,1H3. The van der Waals surface area contributed by atoms with Gasteiger partial charge in [0.25, 0.3) is 0 Å². The van der Waals surface area contributed by atoms with Gasteiger partial charge in [0.1, 0.15) is 28.8 Å². The Kier molecular flexibility index (Phi) is 5.38. The van der Waals surface area contributed by atoms with E-state index >= 15 is 0 Å². The van der Waals surface area contributed by atoms with E-state index in [9.17, 15) is 13.6 Å². The molecular weight excluding hydrogens is 408 g/mol. The van der Waals surface area contributed by atoms with Crippen LogP contribution in [-0.4, -0.2) is 29.1 Å². The number of nitrogens with one attached hydrogen (secondary N) is 1. The van der Waals surface area contributed by atoms with Crippen molar-refractivity contribution in [3.8, 4) is 5.75 Å². The maximum absolute atomic E-state index is 13.7. The van der Waals surface area contributed by atoms with E-state index in [0.29, 0.717) is 27.6 Å². The summed E-state index contributed by atoms with van der Waals surface area (Å²) in [5.41, 5.74) is 1.82. The Labute approximate surface area is 156 Å². The fraction of sp³-hybridized carbons (Fsp3) is 0.211. The lowest BCUT2D eigenvalue weighted by molar-refractivity contribution is 0.0991. The van der Waals surface area contributed by atoms with Gasteiger partial charge in [0.2, 0.25) is 0 Å². The van der Waals surface area contributed by atoms with Crippen molar-refractivity contribution in [3.63, 3.8) is 0 Å². The Morgan fingerprint density at radius 1 is 1.31 bits per heavy atom. The summed E-state index contributed by atoms with van der Waals surface area (Å²) < 4.78 is 32.6. The van der Waals surface area contributed by atoms with Crippen molar-refractivity contribution in [2.45, 2.75) is 11.8 Å². The minimum absolute atomic E-state index is 0.0179. The van der Waals surface area contributed by atoms with Gasteiger partial charge in [-0.25, -0.2) is 8.78 Å². The molecule has 0 saturated carbocycles. The van der Waals surface area contributed by atoms with Gasteiger partial charge < -0.3 is 14.8 Å². The molecule has 1 aromatic heterocycles. The highest BCUT2D eigenvalue weighted by molar-refractivity contribution is 9.09. The zero-order valence-electron chi connectivity index (χ0n) is 13.9. The molecule has 1 unspecified atom stereocenters. The van der Waals surface area contributed by atoms with Crippen LogP contribution in [0.15, 0.2) is 36.5 Å². The summed E-state index contributed by atoms with van der Waals surface area (Å²) in [7, 11) is 0. The number of halogens is 3. The lowest BCUT2D eigenvalue weighted by Gasteiger charge is -2.15.